The Kier molecular flexibility index (Phi) is 5.63. The number of benzene rings is 2. The summed E-state index contributed by atoms with van der Waals surface area (Å²) >= 11 is 12.5. The predicted molar refractivity (Wildman–Crippen MR) is 92.6 cm³/mol. The van der Waals surface area contributed by atoms with E-state index in [1.165, 1.54) is 12.1 Å². The van der Waals surface area contributed by atoms with Gasteiger partial charge in [0.15, 0.2) is 0 Å². The minimum Gasteiger partial charge on any atom is -0.366 e. The average Bonchev–Trinajstić information content (AvgIpc) is 2.51. The summed E-state index contributed by atoms with van der Waals surface area (Å²) in [6.07, 6.45) is 1.70. The number of anilines is 2. The molecule has 0 saturated carbocycles. The number of hydrogen-bond donors (Lipinski definition) is 1. The second kappa shape index (κ2) is 7.47. The van der Waals surface area contributed by atoms with E-state index in [-0.39, 0.29) is 5.82 Å². The molecule has 0 fully saturated rings. The van der Waals surface area contributed by atoms with Crippen LogP contribution in [0.4, 0.5) is 21.5 Å². The molecule has 116 valence electrons. The van der Waals surface area contributed by atoms with Crippen LogP contribution in [0.15, 0.2) is 41.4 Å². The van der Waals surface area contributed by atoms with E-state index in [1.807, 2.05) is 18.9 Å². The summed E-state index contributed by atoms with van der Waals surface area (Å²) in [7, 11) is 1.92. The van der Waals surface area contributed by atoms with Gasteiger partial charge >= 0.3 is 0 Å². The van der Waals surface area contributed by atoms with Crippen molar-refractivity contribution >= 4 is 46.6 Å². The highest BCUT2D eigenvalue weighted by atomic mass is 35.5. The number of halogens is 3. The largest absolute Gasteiger partial charge is 0.366 e. The van der Waals surface area contributed by atoms with Crippen LogP contribution < -0.4 is 5.32 Å². The van der Waals surface area contributed by atoms with Crippen molar-refractivity contribution in [2.45, 2.75) is 6.92 Å². The second-order valence-corrected chi connectivity index (χ2v) is 5.55. The highest BCUT2D eigenvalue weighted by Crippen LogP contribution is 2.35. The fraction of sp³-hybridized carbons (Fsp3) is 0.188. The molecule has 1 N–H and O–H groups in total. The normalized spacial score (nSPS) is 11.0. The molecule has 0 spiro atoms. The first-order valence-corrected chi connectivity index (χ1v) is 7.51. The minimum atomic E-state index is -0.292. The van der Waals surface area contributed by atoms with Crippen molar-refractivity contribution < 1.29 is 4.39 Å². The van der Waals surface area contributed by atoms with Crippen LogP contribution >= 0.6 is 23.2 Å². The SMILES string of the molecule is CCN(C)/C=N\c1cc(Cl)c(Nc2ccc(F)cc2)cc1Cl. The first-order chi connectivity index (χ1) is 10.5. The second-order valence-electron chi connectivity index (χ2n) is 4.73. The number of nitrogens with one attached hydrogen (secondary N) is 1. The molecule has 0 amide bonds. The smallest absolute Gasteiger partial charge is 0.123 e. The Hall–Kier alpha value is -1.78. The lowest BCUT2D eigenvalue weighted by molar-refractivity contribution is 0.552. The number of hydrogen-bond acceptors (Lipinski definition) is 2. The Bertz CT molecular complexity index is 672. The fourth-order valence-electron chi connectivity index (χ4n) is 1.66. The lowest BCUT2D eigenvalue weighted by atomic mass is 10.2. The van der Waals surface area contributed by atoms with Gasteiger partial charge in [-0.1, -0.05) is 23.2 Å². The highest BCUT2D eigenvalue weighted by Gasteiger charge is 2.07. The Morgan fingerprint density at radius 2 is 1.86 bits per heavy atom. The molecule has 0 aromatic heterocycles. The maximum absolute atomic E-state index is 12.9. The van der Waals surface area contributed by atoms with Crippen molar-refractivity contribution in [2.75, 3.05) is 18.9 Å². The summed E-state index contributed by atoms with van der Waals surface area (Å²) in [5.41, 5.74) is 1.96. The Morgan fingerprint density at radius 3 is 2.50 bits per heavy atom. The van der Waals surface area contributed by atoms with Crippen LogP contribution in [0.3, 0.4) is 0 Å². The van der Waals surface area contributed by atoms with E-state index in [2.05, 4.69) is 10.3 Å². The highest BCUT2D eigenvalue weighted by molar-refractivity contribution is 6.37. The topological polar surface area (TPSA) is 27.6 Å². The lowest BCUT2D eigenvalue weighted by Gasteiger charge is -2.11. The molecule has 0 saturated heterocycles. The van der Waals surface area contributed by atoms with Crippen LogP contribution in [0.2, 0.25) is 10.0 Å². The van der Waals surface area contributed by atoms with Crippen molar-refractivity contribution in [1.29, 1.82) is 0 Å². The van der Waals surface area contributed by atoms with E-state index in [1.54, 1.807) is 30.6 Å². The van der Waals surface area contributed by atoms with Gasteiger partial charge in [0.25, 0.3) is 0 Å². The summed E-state index contributed by atoms with van der Waals surface area (Å²) in [5, 5.41) is 4.07. The molecule has 22 heavy (non-hydrogen) atoms. The minimum absolute atomic E-state index is 0.292. The standard InChI is InChI=1S/C16H16Cl2FN3/c1-3-22(2)10-20-15-8-14(18)16(9-13(15)17)21-12-6-4-11(19)5-7-12/h4-10,21H,3H2,1-2H3/b20-10-. The summed E-state index contributed by atoms with van der Waals surface area (Å²) in [6, 6.07) is 9.39. The lowest BCUT2D eigenvalue weighted by Crippen LogP contribution is -2.14. The van der Waals surface area contributed by atoms with Gasteiger partial charge in [-0.05, 0) is 43.3 Å². The van der Waals surface area contributed by atoms with Gasteiger partial charge in [0.1, 0.15) is 5.82 Å². The first kappa shape index (κ1) is 16.6. The molecule has 0 heterocycles. The quantitative estimate of drug-likeness (QED) is 0.576. The van der Waals surface area contributed by atoms with Gasteiger partial charge in [-0.3, -0.25) is 0 Å². The van der Waals surface area contributed by atoms with Crippen LogP contribution in [0.25, 0.3) is 0 Å². The Labute approximate surface area is 139 Å². The van der Waals surface area contributed by atoms with Gasteiger partial charge in [-0.15, -0.1) is 0 Å². The zero-order valence-electron chi connectivity index (χ0n) is 12.3. The van der Waals surface area contributed by atoms with Crippen molar-refractivity contribution in [3.05, 3.63) is 52.3 Å². The maximum Gasteiger partial charge on any atom is 0.123 e. The van der Waals surface area contributed by atoms with Crippen molar-refractivity contribution in [2.24, 2.45) is 4.99 Å². The van der Waals surface area contributed by atoms with Gasteiger partial charge in [0.05, 0.1) is 27.8 Å². The molecule has 0 aliphatic heterocycles. The average molecular weight is 340 g/mol. The number of nitrogens with zero attached hydrogens (tertiary/aromatic N) is 2. The van der Waals surface area contributed by atoms with Crippen LogP contribution in [0.1, 0.15) is 6.92 Å². The van der Waals surface area contributed by atoms with E-state index >= 15 is 0 Å². The molecule has 2 rings (SSSR count). The van der Waals surface area contributed by atoms with E-state index in [9.17, 15) is 4.39 Å². The van der Waals surface area contributed by atoms with E-state index < -0.39 is 0 Å². The van der Waals surface area contributed by atoms with Gasteiger partial charge in [-0.2, -0.15) is 0 Å². The summed E-state index contributed by atoms with van der Waals surface area (Å²) in [4.78, 5) is 6.23. The van der Waals surface area contributed by atoms with Gasteiger partial charge in [0, 0.05) is 19.3 Å². The summed E-state index contributed by atoms with van der Waals surface area (Å²) < 4.78 is 12.9. The Balaban J connectivity index is 2.22. The number of aliphatic imine (C=N–C) groups is 1. The van der Waals surface area contributed by atoms with Crippen LogP contribution in [-0.4, -0.2) is 24.8 Å². The van der Waals surface area contributed by atoms with E-state index in [0.29, 0.717) is 21.4 Å². The molecule has 0 atom stereocenters. The molecule has 6 heteroatoms. The summed E-state index contributed by atoms with van der Waals surface area (Å²) in [5.74, 6) is -0.292. The molecule has 0 unspecified atom stereocenters. The number of rotatable bonds is 5. The van der Waals surface area contributed by atoms with E-state index in [0.717, 1.165) is 12.2 Å². The monoisotopic (exact) mass is 339 g/mol. The summed E-state index contributed by atoms with van der Waals surface area (Å²) in [6.45, 7) is 2.87. The van der Waals surface area contributed by atoms with Crippen molar-refractivity contribution in [1.82, 2.24) is 4.90 Å². The predicted octanol–water partition coefficient (Wildman–Crippen LogP) is 5.49. The molecular formula is C16H16Cl2FN3. The van der Waals surface area contributed by atoms with Crippen molar-refractivity contribution in [3.8, 4) is 0 Å². The van der Waals surface area contributed by atoms with Gasteiger partial charge in [-0.25, -0.2) is 9.38 Å². The maximum atomic E-state index is 12.9. The molecule has 0 aliphatic rings. The molecular weight excluding hydrogens is 324 g/mol. The molecule has 0 radical (unpaired) electrons. The zero-order chi connectivity index (χ0) is 16.1. The van der Waals surface area contributed by atoms with Gasteiger partial charge in [0.2, 0.25) is 0 Å². The molecule has 0 bridgehead atoms. The molecule has 2 aromatic carbocycles. The van der Waals surface area contributed by atoms with Crippen LogP contribution in [0, 0.1) is 5.82 Å². The third-order valence-corrected chi connectivity index (χ3v) is 3.67. The third kappa shape index (κ3) is 4.36. The third-order valence-electron chi connectivity index (χ3n) is 3.05. The van der Waals surface area contributed by atoms with Crippen molar-refractivity contribution in [3.63, 3.8) is 0 Å². The fourth-order valence-corrected chi connectivity index (χ4v) is 2.08. The van der Waals surface area contributed by atoms with E-state index in [4.69, 9.17) is 23.2 Å². The first-order valence-electron chi connectivity index (χ1n) is 6.75. The Morgan fingerprint density at radius 1 is 1.18 bits per heavy atom. The van der Waals surface area contributed by atoms with Crippen LogP contribution in [-0.2, 0) is 0 Å². The molecule has 0 aliphatic carbocycles. The zero-order valence-corrected chi connectivity index (χ0v) is 13.8. The molecule has 2 aromatic rings. The van der Waals surface area contributed by atoms with Crippen LogP contribution in [0.5, 0.6) is 0 Å². The van der Waals surface area contributed by atoms with Gasteiger partial charge < -0.3 is 10.2 Å². The molecule has 3 nitrogen and oxygen atoms in total.